The summed E-state index contributed by atoms with van der Waals surface area (Å²) in [6.45, 7) is 5.23. The van der Waals surface area contributed by atoms with Crippen molar-refractivity contribution < 1.29 is 9.53 Å². The monoisotopic (exact) mass is 269 g/mol. The molecule has 0 aromatic carbocycles. The second-order valence-corrected chi connectivity index (χ2v) is 6.00. The fourth-order valence-corrected chi connectivity index (χ4v) is 2.68. The first-order valence-electron chi connectivity index (χ1n) is 6.11. The Balaban J connectivity index is 1.92. The molecular weight excluding hydrogens is 250 g/mol. The topological polar surface area (TPSA) is 77.2 Å². The largest absolute Gasteiger partial charge is 0.379 e. The Hall–Kier alpha value is -0.980. The molecule has 0 radical (unpaired) electrons. The van der Waals surface area contributed by atoms with Crippen LogP contribution in [0.2, 0.25) is 0 Å². The lowest BCUT2D eigenvalue weighted by Crippen LogP contribution is -2.49. The van der Waals surface area contributed by atoms with E-state index >= 15 is 0 Å². The molecular formula is C12H19N3O2S. The van der Waals surface area contributed by atoms with Crippen molar-refractivity contribution >= 4 is 17.2 Å². The molecule has 1 aromatic heterocycles. The van der Waals surface area contributed by atoms with Crippen molar-refractivity contribution in [2.24, 2.45) is 11.1 Å². The molecule has 5 nitrogen and oxygen atoms in total. The van der Waals surface area contributed by atoms with Crippen LogP contribution < -0.4 is 11.1 Å². The number of amides is 1. The van der Waals surface area contributed by atoms with Gasteiger partial charge in [-0.3, -0.25) is 4.79 Å². The molecule has 1 aliphatic rings. The predicted molar refractivity (Wildman–Crippen MR) is 70.2 cm³/mol. The van der Waals surface area contributed by atoms with Gasteiger partial charge in [0, 0.05) is 17.1 Å². The van der Waals surface area contributed by atoms with E-state index < -0.39 is 5.41 Å². The van der Waals surface area contributed by atoms with Gasteiger partial charge in [0.25, 0.3) is 0 Å². The summed E-state index contributed by atoms with van der Waals surface area (Å²) in [6, 6.07) is -0.236. The summed E-state index contributed by atoms with van der Waals surface area (Å²) in [4.78, 5) is 17.6. The van der Waals surface area contributed by atoms with Crippen LogP contribution in [-0.4, -0.2) is 30.1 Å². The molecule has 2 atom stereocenters. The summed E-state index contributed by atoms with van der Waals surface area (Å²) in [5, 5.41) is 3.83. The summed E-state index contributed by atoms with van der Waals surface area (Å²) in [7, 11) is 0. The molecule has 3 N–H and O–H groups in total. The minimum Gasteiger partial charge on any atom is -0.379 e. The van der Waals surface area contributed by atoms with Crippen molar-refractivity contribution in [3.8, 4) is 0 Å². The summed E-state index contributed by atoms with van der Waals surface area (Å²) in [5.74, 6) is -0.0549. The number of hydrogen-bond donors (Lipinski definition) is 2. The predicted octanol–water partition coefficient (Wildman–Crippen LogP) is 0.685. The van der Waals surface area contributed by atoms with Gasteiger partial charge in [0.1, 0.15) is 5.01 Å². The minimum absolute atomic E-state index is 0.0549. The number of nitrogens with zero attached hydrogens (tertiary/aromatic N) is 1. The number of carbonyl (C=O) groups excluding carboxylic acids is 1. The van der Waals surface area contributed by atoms with Crippen molar-refractivity contribution in [3.63, 3.8) is 0 Å². The number of nitrogens with two attached hydrogens (primary N) is 1. The van der Waals surface area contributed by atoms with Crippen LogP contribution in [-0.2, 0) is 22.5 Å². The Kier molecular flexibility index (Phi) is 3.99. The van der Waals surface area contributed by atoms with E-state index in [1.807, 2.05) is 13.1 Å². The second-order valence-electron chi connectivity index (χ2n) is 4.80. The Morgan fingerprint density at radius 1 is 1.78 bits per heavy atom. The Labute approximate surface area is 111 Å². The Bertz CT molecular complexity index is 435. The number of hydrogen-bond acceptors (Lipinski definition) is 5. The van der Waals surface area contributed by atoms with E-state index in [1.165, 1.54) is 4.88 Å². The van der Waals surface area contributed by atoms with E-state index in [0.29, 0.717) is 19.8 Å². The van der Waals surface area contributed by atoms with Gasteiger partial charge in [-0.15, -0.1) is 11.3 Å². The van der Waals surface area contributed by atoms with Gasteiger partial charge in [-0.05, 0) is 13.3 Å². The Morgan fingerprint density at radius 3 is 3.11 bits per heavy atom. The standard InChI is InChI=1S/C12H19N3O2S/c1-3-8-4-14-10(18-8)5-15-11(16)12(2)7-17-6-9(12)13/h4,9H,3,5-7,13H2,1-2H3,(H,15,16). The van der Waals surface area contributed by atoms with Crippen LogP contribution in [0.1, 0.15) is 23.7 Å². The number of aryl methyl sites for hydroxylation is 1. The zero-order valence-corrected chi connectivity index (χ0v) is 11.5. The van der Waals surface area contributed by atoms with Crippen molar-refractivity contribution in [2.75, 3.05) is 13.2 Å². The van der Waals surface area contributed by atoms with Crippen LogP contribution >= 0.6 is 11.3 Å². The molecule has 6 heteroatoms. The molecule has 0 aliphatic carbocycles. The van der Waals surface area contributed by atoms with Gasteiger partial charge in [-0.25, -0.2) is 4.98 Å². The third-order valence-electron chi connectivity index (χ3n) is 3.39. The van der Waals surface area contributed by atoms with Gasteiger partial charge in [0.2, 0.25) is 5.91 Å². The molecule has 1 aliphatic heterocycles. The fraction of sp³-hybridized carbons (Fsp3) is 0.667. The molecule has 0 saturated carbocycles. The summed E-state index contributed by atoms with van der Waals surface area (Å²) in [6.07, 6.45) is 2.83. The lowest BCUT2D eigenvalue weighted by Gasteiger charge is -2.25. The molecule has 1 fully saturated rings. The first-order valence-corrected chi connectivity index (χ1v) is 6.93. The molecule has 1 saturated heterocycles. The van der Waals surface area contributed by atoms with E-state index in [-0.39, 0.29) is 11.9 Å². The van der Waals surface area contributed by atoms with Crippen molar-refractivity contribution in [1.29, 1.82) is 0 Å². The van der Waals surface area contributed by atoms with Crippen LogP contribution in [0.5, 0.6) is 0 Å². The maximum Gasteiger partial charge on any atom is 0.230 e. The molecule has 2 heterocycles. The number of rotatable bonds is 4. The smallest absolute Gasteiger partial charge is 0.230 e. The number of aromatic nitrogens is 1. The number of ether oxygens (including phenoxy) is 1. The highest BCUT2D eigenvalue weighted by molar-refractivity contribution is 7.11. The van der Waals surface area contributed by atoms with Crippen LogP contribution in [0.4, 0.5) is 0 Å². The van der Waals surface area contributed by atoms with Crippen LogP contribution in [0, 0.1) is 5.41 Å². The van der Waals surface area contributed by atoms with Gasteiger partial charge in [-0.2, -0.15) is 0 Å². The molecule has 100 valence electrons. The summed E-state index contributed by atoms with van der Waals surface area (Å²) < 4.78 is 5.27. The lowest BCUT2D eigenvalue weighted by molar-refractivity contribution is -0.130. The maximum atomic E-state index is 12.1. The van der Waals surface area contributed by atoms with Crippen LogP contribution in [0.25, 0.3) is 0 Å². The van der Waals surface area contributed by atoms with Gasteiger partial charge in [0.15, 0.2) is 0 Å². The highest BCUT2D eigenvalue weighted by Gasteiger charge is 2.44. The summed E-state index contributed by atoms with van der Waals surface area (Å²) >= 11 is 1.63. The van der Waals surface area contributed by atoms with E-state index in [0.717, 1.165) is 11.4 Å². The quantitative estimate of drug-likeness (QED) is 0.843. The third-order valence-corrected chi connectivity index (χ3v) is 4.53. The zero-order valence-electron chi connectivity index (χ0n) is 10.7. The Morgan fingerprint density at radius 2 is 2.56 bits per heavy atom. The normalized spacial score (nSPS) is 27.4. The highest BCUT2D eigenvalue weighted by Crippen LogP contribution is 2.27. The molecule has 1 aromatic rings. The third kappa shape index (κ3) is 2.55. The number of nitrogens with one attached hydrogen (secondary N) is 1. The first-order chi connectivity index (χ1) is 8.56. The van der Waals surface area contributed by atoms with Crippen molar-refractivity contribution in [1.82, 2.24) is 10.3 Å². The maximum absolute atomic E-state index is 12.1. The zero-order chi connectivity index (χ0) is 13.2. The average molecular weight is 269 g/mol. The van der Waals surface area contributed by atoms with Gasteiger partial charge >= 0.3 is 0 Å². The average Bonchev–Trinajstić information content (AvgIpc) is 2.95. The lowest BCUT2D eigenvalue weighted by atomic mass is 9.85. The first kappa shape index (κ1) is 13.5. The second kappa shape index (κ2) is 5.34. The minimum atomic E-state index is -0.620. The fourth-order valence-electron chi connectivity index (χ4n) is 1.87. The van der Waals surface area contributed by atoms with Gasteiger partial charge in [0.05, 0.1) is 25.2 Å². The SMILES string of the molecule is CCc1cnc(CNC(=O)C2(C)COCC2N)s1. The van der Waals surface area contributed by atoms with Gasteiger partial charge in [-0.1, -0.05) is 6.92 Å². The molecule has 2 unspecified atom stereocenters. The highest BCUT2D eigenvalue weighted by atomic mass is 32.1. The van der Waals surface area contributed by atoms with E-state index in [1.54, 1.807) is 11.3 Å². The van der Waals surface area contributed by atoms with E-state index in [4.69, 9.17) is 10.5 Å². The molecule has 1 amide bonds. The van der Waals surface area contributed by atoms with Gasteiger partial charge < -0.3 is 15.8 Å². The van der Waals surface area contributed by atoms with Crippen molar-refractivity contribution in [2.45, 2.75) is 32.9 Å². The number of carbonyl (C=O) groups is 1. The molecule has 2 rings (SSSR count). The molecule has 0 spiro atoms. The summed E-state index contributed by atoms with van der Waals surface area (Å²) in [5.41, 5.74) is 5.29. The van der Waals surface area contributed by atoms with E-state index in [2.05, 4.69) is 17.2 Å². The van der Waals surface area contributed by atoms with E-state index in [9.17, 15) is 4.79 Å². The molecule has 18 heavy (non-hydrogen) atoms. The van der Waals surface area contributed by atoms with Crippen molar-refractivity contribution in [3.05, 3.63) is 16.1 Å². The van der Waals surface area contributed by atoms with Crippen LogP contribution in [0.3, 0.4) is 0 Å². The number of thiazole rings is 1. The molecule has 0 bridgehead atoms. The van der Waals surface area contributed by atoms with Crippen LogP contribution in [0.15, 0.2) is 6.20 Å².